The third-order valence-electron chi connectivity index (χ3n) is 5.35. The van der Waals surface area contributed by atoms with Crippen molar-refractivity contribution in [3.8, 4) is 0 Å². The summed E-state index contributed by atoms with van der Waals surface area (Å²) in [5, 5.41) is 10.1. The fraction of sp³-hybridized carbons (Fsp3) is 0.750. The summed E-state index contributed by atoms with van der Waals surface area (Å²) in [6.07, 6.45) is 2.33. The van der Waals surface area contributed by atoms with E-state index in [0.29, 0.717) is 12.3 Å². The van der Waals surface area contributed by atoms with Crippen LogP contribution in [0.2, 0.25) is 0 Å². The molecule has 24 heavy (non-hydrogen) atoms. The number of aromatic amines is 1. The molecular weight excluding hydrogens is 328 g/mol. The van der Waals surface area contributed by atoms with Gasteiger partial charge in [-0.3, -0.25) is 14.8 Å². The van der Waals surface area contributed by atoms with Crippen LogP contribution in [0.1, 0.15) is 36.2 Å². The van der Waals surface area contributed by atoms with Crippen LogP contribution >= 0.6 is 0 Å². The van der Waals surface area contributed by atoms with Crippen LogP contribution in [0.15, 0.2) is 0 Å². The number of carbonyl (C=O) groups excluding carboxylic acids is 1. The van der Waals surface area contributed by atoms with E-state index in [0.717, 1.165) is 49.3 Å². The molecule has 0 saturated carbocycles. The quantitative estimate of drug-likeness (QED) is 0.823. The summed E-state index contributed by atoms with van der Waals surface area (Å²) >= 11 is 0. The Morgan fingerprint density at radius 2 is 2.00 bits per heavy atom. The number of aryl methyl sites for hydroxylation is 2. The third kappa shape index (κ3) is 3.80. The number of nitrogens with zero attached hydrogens (tertiary/aromatic N) is 2. The van der Waals surface area contributed by atoms with Gasteiger partial charge >= 0.3 is 0 Å². The fourth-order valence-electron chi connectivity index (χ4n) is 3.74. The van der Waals surface area contributed by atoms with Crippen LogP contribution in [0.25, 0.3) is 0 Å². The second-order valence-corrected chi connectivity index (χ2v) is 9.23. The molecule has 0 bridgehead atoms. The Morgan fingerprint density at radius 3 is 2.54 bits per heavy atom. The summed E-state index contributed by atoms with van der Waals surface area (Å²) in [5.41, 5.74) is 2.96. The van der Waals surface area contributed by atoms with Crippen molar-refractivity contribution in [2.24, 2.45) is 5.92 Å². The van der Waals surface area contributed by atoms with E-state index in [-0.39, 0.29) is 23.6 Å². The normalized spacial score (nSPS) is 25.0. The lowest BCUT2D eigenvalue weighted by atomic mass is 9.94. The lowest BCUT2D eigenvalue weighted by Gasteiger charge is -2.34. The molecular formula is C16H26N4O3S. The number of H-pyrrole nitrogens is 1. The van der Waals surface area contributed by atoms with Gasteiger partial charge < -0.3 is 5.32 Å². The molecule has 134 valence electrons. The topological polar surface area (TPSA) is 95.2 Å². The van der Waals surface area contributed by atoms with Gasteiger partial charge in [-0.15, -0.1) is 0 Å². The molecule has 2 aliphatic rings. The number of carbonyl (C=O) groups is 1. The predicted molar refractivity (Wildman–Crippen MR) is 91.3 cm³/mol. The number of amides is 1. The highest BCUT2D eigenvalue weighted by Crippen LogP contribution is 2.24. The number of rotatable bonds is 4. The van der Waals surface area contributed by atoms with Gasteiger partial charge in [0.05, 0.1) is 17.2 Å². The molecule has 2 aliphatic heterocycles. The molecule has 0 radical (unpaired) electrons. The fourth-order valence-corrected chi connectivity index (χ4v) is 5.51. The number of hydrogen-bond donors (Lipinski definition) is 2. The van der Waals surface area contributed by atoms with Gasteiger partial charge in [-0.25, -0.2) is 8.42 Å². The zero-order valence-electron chi connectivity index (χ0n) is 14.3. The molecule has 3 rings (SSSR count). The van der Waals surface area contributed by atoms with Gasteiger partial charge in [0, 0.05) is 29.8 Å². The zero-order chi connectivity index (χ0) is 17.3. The van der Waals surface area contributed by atoms with Gasteiger partial charge in [0.15, 0.2) is 9.84 Å². The Balaban J connectivity index is 1.47. The van der Waals surface area contributed by atoms with E-state index >= 15 is 0 Å². The molecule has 2 fully saturated rings. The number of likely N-dealkylation sites (tertiary alicyclic amines) is 1. The predicted octanol–water partition coefficient (Wildman–Crippen LogP) is 0.542. The average Bonchev–Trinajstić information content (AvgIpc) is 3.07. The second-order valence-electron chi connectivity index (χ2n) is 7.00. The van der Waals surface area contributed by atoms with Crippen molar-refractivity contribution < 1.29 is 13.2 Å². The summed E-state index contributed by atoms with van der Waals surface area (Å²) in [5.74, 6) is 0.699. The monoisotopic (exact) mass is 354 g/mol. The van der Waals surface area contributed by atoms with Crippen molar-refractivity contribution in [3.05, 3.63) is 17.0 Å². The number of sulfone groups is 1. The molecule has 1 aromatic heterocycles. The van der Waals surface area contributed by atoms with E-state index in [4.69, 9.17) is 0 Å². The van der Waals surface area contributed by atoms with E-state index in [1.807, 2.05) is 13.8 Å². The standard InChI is InChI=1S/C16H26N4O3S/c1-11-15(12(2)19-18-11)9-17-16(21)13-3-6-20(7-4-13)14-5-8-24(22,23)10-14/h13-14H,3-10H2,1-2H3,(H,17,21)(H,18,19)/t14-/m1/s1. The van der Waals surface area contributed by atoms with E-state index in [2.05, 4.69) is 20.4 Å². The minimum Gasteiger partial charge on any atom is -0.352 e. The van der Waals surface area contributed by atoms with Gasteiger partial charge in [-0.2, -0.15) is 5.10 Å². The number of hydrogen-bond acceptors (Lipinski definition) is 5. The Bertz CT molecular complexity index is 685. The highest BCUT2D eigenvalue weighted by molar-refractivity contribution is 7.91. The molecule has 0 aromatic carbocycles. The second kappa shape index (κ2) is 6.84. The summed E-state index contributed by atoms with van der Waals surface area (Å²) in [4.78, 5) is 14.6. The van der Waals surface area contributed by atoms with E-state index < -0.39 is 9.84 Å². The molecule has 7 nitrogen and oxygen atoms in total. The highest BCUT2D eigenvalue weighted by Gasteiger charge is 2.35. The van der Waals surface area contributed by atoms with E-state index in [1.54, 1.807) is 0 Å². The SMILES string of the molecule is Cc1n[nH]c(C)c1CNC(=O)C1CCN([C@@H]2CCS(=O)(=O)C2)CC1. The Labute approximate surface area is 143 Å². The Kier molecular flexibility index (Phi) is 4.96. The molecule has 1 aromatic rings. The maximum atomic E-state index is 12.4. The molecule has 8 heteroatoms. The van der Waals surface area contributed by atoms with Gasteiger partial charge in [-0.1, -0.05) is 0 Å². The van der Waals surface area contributed by atoms with Crippen LogP contribution in [0, 0.1) is 19.8 Å². The van der Waals surface area contributed by atoms with Crippen molar-refractivity contribution in [2.45, 2.75) is 45.7 Å². The first-order valence-corrected chi connectivity index (χ1v) is 10.4. The smallest absolute Gasteiger partial charge is 0.223 e. The third-order valence-corrected chi connectivity index (χ3v) is 7.10. The number of piperidine rings is 1. The molecule has 1 atom stereocenters. The van der Waals surface area contributed by atoms with Crippen LogP contribution in [0.4, 0.5) is 0 Å². The largest absolute Gasteiger partial charge is 0.352 e. The molecule has 2 saturated heterocycles. The van der Waals surface area contributed by atoms with Crippen LogP contribution in [0.3, 0.4) is 0 Å². The van der Waals surface area contributed by atoms with Crippen molar-refractivity contribution >= 4 is 15.7 Å². The highest BCUT2D eigenvalue weighted by atomic mass is 32.2. The summed E-state index contributed by atoms with van der Waals surface area (Å²) in [6.45, 7) is 6.01. The maximum absolute atomic E-state index is 12.4. The number of nitrogens with one attached hydrogen (secondary N) is 2. The van der Waals surface area contributed by atoms with Crippen molar-refractivity contribution in [1.29, 1.82) is 0 Å². The van der Waals surface area contributed by atoms with Gasteiger partial charge in [-0.05, 0) is 46.2 Å². The minimum atomic E-state index is -2.85. The van der Waals surface area contributed by atoms with Gasteiger partial charge in [0.25, 0.3) is 0 Å². The Morgan fingerprint density at radius 1 is 1.29 bits per heavy atom. The molecule has 2 N–H and O–H groups in total. The average molecular weight is 354 g/mol. The zero-order valence-corrected chi connectivity index (χ0v) is 15.2. The van der Waals surface area contributed by atoms with E-state index in [1.165, 1.54) is 0 Å². The minimum absolute atomic E-state index is 0.0202. The first kappa shape index (κ1) is 17.4. The van der Waals surface area contributed by atoms with Crippen LogP contribution in [-0.2, 0) is 21.2 Å². The molecule has 3 heterocycles. The lowest BCUT2D eigenvalue weighted by molar-refractivity contribution is -0.126. The molecule has 0 spiro atoms. The molecule has 0 aliphatic carbocycles. The van der Waals surface area contributed by atoms with Crippen molar-refractivity contribution in [3.63, 3.8) is 0 Å². The first-order valence-electron chi connectivity index (χ1n) is 8.58. The Hall–Kier alpha value is -1.41. The molecule has 0 unspecified atom stereocenters. The van der Waals surface area contributed by atoms with Gasteiger partial charge in [0.1, 0.15) is 0 Å². The first-order chi connectivity index (χ1) is 11.4. The summed E-state index contributed by atoms with van der Waals surface area (Å²) in [6, 6.07) is 0.148. The van der Waals surface area contributed by atoms with E-state index in [9.17, 15) is 13.2 Å². The number of aromatic nitrogens is 2. The summed E-state index contributed by atoms with van der Waals surface area (Å²) in [7, 11) is -2.85. The van der Waals surface area contributed by atoms with Crippen LogP contribution in [0.5, 0.6) is 0 Å². The summed E-state index contributed by atoms with van der Waals surface area (Å²) < 4.78 is 23.2. The van der Waals surface area contributed by atoms with Crippen molar-refractivity contribution in [1.82, 2.24) is 20.4 Å². The van der Waals surface area contributed by atoms with Crippen molar-refractivity contribution in [2.75, 3.05) is 24.6 Å². The van der Waals surface area contributed by atoms with Crippen LogP contribution < -0.4 is 5.32 Å². The lowest BCUT2D eigenvalue weighted by Crippen LogP contribution is -2.45. The maximum Gasteiger partial charge on any atom is 0.223 e. The van der Waals surface area contributed by atoms with Crippen LogP contribution in [-0.4, -0.2) is 60.1 Å². The molecule has 1 amide bonds. The van der Waals surface area contributed by atoms with Gasteiger partial charge in [0.2, 0.25) is 5.91 Å².